The van der Waals surface area contributed by atoms with E-state index < -0.39 is 17.5 Å². The number of rotatable bonds is 11. The number of nitrogens with two attached hydrogens (primary N) is 1. The van der Waals surface area contributed by atoms with Gasteiger partial charge in [-0.3, -0.25) is 10.2 Å². The fraction of sp³-hybridized carbons (Fsp3) is 0.300. The van der Waals surface area contributed by atoms with E-state index in [0.29, 0.717) is 17.9 Å². The molecule has 0 aromatic heterocycles. The van der Waals surface area contributed by atoms with Crippen LogP contribution in [0.2, 0.25) is 0 Å². The molecular weight excluding hydrogens is 482 g/mol. The molecule has 0 unspecified atom stereocenters. The average Bonchev–Trinajstić information content (AvgIpc) is 3.23. The number of carbonyl (C=O) groups is 2. The number of likely N-dealkylation sites (tertiary alicyclic amines) is 1. The molecule has 1 aliphatic rings. The van der Waals surface area contributed by atoms with Crippen LogP contribution in [0.25, 0.3) is 11.1 Å². The van der Waals surface area contributed by atoms with Crippen molar-refractivity contribution in [2.45, 2.75) is 30.9 Å². The van der Waals surface area contributed by atoms with Crippen LogP contribution in [-0.2, 0) is 25.5 Å². The molecule has 1 heterocycles. The van der Waals surface area contributed by atoms with Gasteiger partial charge in [0, 0.05) is 25.6 Å². The Morgan fingerprint density at radius 2 is 1.63 bits per heavy atom. The van der Waals surface area contributed by atoms with E-state index in [1.54, 1.807) is 4.90 Å². The Balaban J connectivity index is 1.44. The Kier molecular flexibility index (Phi) is 8.43. The second-order valence-electron chi connectivity index (χ2n) is 9.29. The Bertz CT molecular complexity index is 1260. The second-order valence-corrected chi connectivity index (χ2v) is 9.29. The number of methoxy groups -OCH3 is 2. The molecule has 198 valence electrons. The zero-order chi connectivity index (χ0) is 27.1. The molecule has 8 heteroatoms. The fourth-order valence-corrected chi connectivity index (χ4v) is 4.83. The molecule has 3 aromatic rings. The van der Waals surface area contributed by atoms with Crippen molar-refractivity contribution in [1.82, 2.24) is 4.90 Å². The summed E-state index contributed by atoms with van der Waals surface area (Å²) >= 11 is 0. The van der Waals surface area contributed by atoms with Gasteiger partial charge < -0.3 is 24.8 Å². The molecule has 2 atom stereocenters. The molecule has 8 nitrogen and oxygen atoms in total. The Morgan fingerprint density at radius 1 is 1.00 bits per heavy atom. The van der Waals surface area contributed by atoms with Crippen LogP contribution in [0, 0.1) is 5.41 Å². The van der Waals surface area contributed by atoms with Crippen LogP contribution in [0.4, 0.5) is 0 Å². The summed E-state index contributed by atoms with van der Waals surface area (Å²) in [5, 5.41) is 7.53. The number of carbonyl (C=O) groups excluding carboxylic acids is 2. The SMILES string of the molecule is COC(=O)[C@@]1(OC)C[C@@H](COc2ccc(-c3ccc(C(=N)N)cc3)cc2)N(CCCc2ccccc2)C1=O. The average molecular weight is 516 g/mol. The van der Waals surface area contributed by atoms with Crippen LogP contribution in [0.1, 0.15) is 24.0 Å². The number of nitrogens with one attached hydrogen (secondary N) is 1. The van der Waals surface area contributed by atoms with Gasteiger partial charge in [-0.1, -0.05) is 66.7 Å². The summed E-state index contributed by atoms with van der Waals surface area (Å²) in [5.74, 6) is -0.401. The second kappa shape index (κ2) is 11.9. The zero-order valence-corrected chi connectivity index (χ0v) is 21.7. The van der Waals surface area contributed by atoms with Gasteiger partial charge in [-0.25, -0.2) is 4.79 Å². The number of esters is 1. The van der Waals surface area contributed by atoms with Crippen molar-refractivity contribution in [3.8, 4) is 16.9 Å². The van der Waals surface area contributed by atoms with Crippen LogP contribution in [0.15, 0.2) is 78.9 Å². The molecule has 0 spiro atoms. The van der Waals surface area contributed by atoms with Crippen molar-refractivity contribution in [3.63, 3.8) is 0 Å². The van der Waals surface area contributed by atoms with Crippen LogP contribution in [0.3, 0.4) is 0 Å². The lowest BCUT2D eigenvalue weighted by molar-refractivity contribution is -0.172. The maximum Gasteiger partial charge on any atom is 0.348 e. The molecule has 0 aliphatic carbocycles. The van der Waals surface area contributed by atoms with Crippen molar-refractivity contribution >= 4 is 17.7 Å². The largest absolute Gasteiger partial charge is 0.491 e. The van der Waals surface area contributed by atoms with Crippen molar-refractivity contribution in [3.05, 3.63) is 90.0 Å². The van der Waals surface area contributed by atoms with Gasteiger partial charge in [0.1, 0.15) is 18.2 Å². The summed E-state index contributed by atoms with van der Waals surface area (Å²) < 4.78 is 16.5. The number of hydrogen-bond donors (Lipinski definition) is 2. The molecule has 1 aliphatic heterocycles. The van der Waals surface area contributed by atoms with Gasteiger partial charge in [-0.2, -0.15) is 0 Å². The number of hydrogen-bond acceptors (Lipinski definition) is 6. The van der Waals surface area contributed by atoms with E-state index in [1.807, 2.05) is 66.7 Å². The summed E-state index contributed by atoms with van der Waals surface area (Å²) in [6.45, 7) is 0.685. The van der Waals surface area contributed by atoms with E-state index in [2.05, 4.69) is 12.1 Å². The lowest BCUT2D eigenvalue weighted by Gasteiger charge is -2.25. The minimum absolute atomic E-state index is 0.0319. The van der Waals surface area contributed by atoms with Crippen LogP contribution < -0.4 is 10.5 Å². The standard InChI is InChI=1S/C30H33N3O5/c1-36-29(35)30(37-2)19-25(33(28(30)34)18-6-9-21-7-4-3-5-8-21)20-38-26-16-14-23(15-17-26)22-10-12-24(13-11-22)27(31)32/h3-5,7-8,10-17,25H,6,9,18-20H2,1-2H3,(H3,31,32)/t25-,30+/m0/s1. The van der Waals surface area contributed by atoms with Crippen molar-refractivity contribution in [2.24, 2.45) is 5.73 Å². The molecule has 3 aromatic carbocycles. The number of ether oxygens (including phenoxy) is 3. The highest BCUT2D eigenvalue weighted by atomic mass is 16.6. The monoisotopic (exact) mass is 515 g/mol. The van der Waals surface area contributed by atoms with Gasteiger partial charge in [-0.15, -0.1) is 0 Å². The van der Waals surface area contributed by atoms with Crippen molar-refractivity contribution in [1.29, 1.82) is 5.41 Å². The molecule has 1 amide bonds. The predicted molar refractivity (Wildman–Crippen MR) is 145 cm³/mol. The fourth-order valence-electron chi connectivity index (χ4n) is 4.83. The first-order valence-electron chi connectivity index (χ1n) is 12.5. The molecule has 4 rings (SSSR count). The van der Waals surface area contributed by atoms with Crippen LogP contribution in [-0.4, -0.2) is 61.6 Å². The van der Waals surface area contributed by atoms with Gasteiger partial charge in [0.25, 0.3) is 5.91 Å². The third-order valence-corrected chi connectivity index (χ3v) is 6.97. The van der Waals surface area contributed by atoms with E-state index in [1.165, 1.54) is 19.8 Å². The first-order chi connectivity index (χ1) is 18.4. The van der Waals surface area contributed by atoms with Crippen molar-refractivity contribution < 1.29 is 23.8 Å². The number of amidine groups is 1. The van der Waals surface area contributed by atoms with Gasteiger partial charge in [0.2, 0.25) is 5.60 Å². The predicted octanol–water partition coefficient (Wildman–Crippen LogP) is 3.81. The maximum atomic E-state index is 13.4. The summed E-state index contributed by atoms with van der Waals surface area (Å²) in [7, 11) is 2.62. The van der Waals surface area contributed by atoms with E-state index in [-0.39, 0.29) is 24.9 Å². The number of nitrogen functional groups attached to an aromatic ring is 1. The van der Waals surface area contributed by atoms with E-state index in [0.717, 1.165) is 24.0 Å². The summed E-state index contributed by atoms with van der Waals surface area (Å²) in [6, 6.07) is 24.8. The van der Waals surface area contributed by atoms with Gasteiger partial charge in [0.15, 0.2) is 0 Å². The molecule has 3 N–H and O–H groups in total. The number of aryl methyl sites for hydroxylation is 1. The van der Waals surface area contributed by atoms with Gasteiger partial charge in [0.05, 0.1) is 13.2 Å². The highest BCUT2D eigenvalue weighted by molar-refractivity contribution is 6.08. The minimum atomic E-state index is -1.66. The van der Waals surface area contributed by atoms with Crippen molar-refractivity contribution in [2.75, 3.05) is 27.4 Å². The smallest absolute Gasteiger partial charge is 0.348 e. The molecule has 1 saturated heterocycles. The first kappa shape index (κ1) is 26.9. The highest BCUT2D eigenvalue weighted by Gasteiger charge is 2.58. The topological polar surface area (TPSA) is 115 Å². The number of benzene rings is 3. The maximum absolute atomic E-state index is 13.4. The van der Waals surface area contributed by atoms with E-state index in [4.69, 9.17) is 25.4 Å². The Morgan fingerprint density at radius 3 is 2.21 bits per heavy atom. The first-order valence-corrected chi connectivity index (χ1v) is 12.5. The lowest BCUT2D eigenvalue weighted by Crippen LogP contribution is -2.49. The number of amides is 1. The molecule has 38 heavy (non-hydrogen) atoms. The Hall–Kier alpha value is -4.17. The van der Waals surface area contributed by atoms with E-state index >= 15 is 0 Å². The number of nitrogens with zero attached hydrogens (tertiary/aromatic N) is 1. The van der Waals surface area contributed by atoms with Crippen LogP contribution in [0.5, 0.6) is 5.75 Å². The third-order valence-electron chi connectivity index (χ3n) is 6.97. The molecule has 1 fully saturated rings. The van der Waals surface area contributed by atoms with Crippen LogP contribution >= 0.6 is 0 Å². The normalized spacial score (nSPS) is 18.8. The molecular formula is C30H33N3O5. The highest BCUT2D eigenvalue weighted by Crippen LogP contribution is 2.34. The molecule has 0 radical (unpaired) electrons. The zero-order valence-electron chi connectivity index (χ0n) is 21.7. The Labute approximate surface area is 222 Å². The molecule has 0 saturated carbocycles. The third kappa shape index (κ3) is 5.70. The lowest BCUT2D eigenvalue weighted by atomic mass is 9.99. The minimum Gasteiger partial charge on any atom is -0.491 e. The summed E-state index contributed by atoms with van der Waals surface area (Å²) in [5.41, 5.74) is 7.73. The summed E-state index contributed by atoms with van der Waals surface area (Å²) in [4.78, 5) is 27.7. The quantitative estimate of drug-likeness (QED) is 0.174. The van der Waals surface area contributed by atoms with Gasteiger partial charge in [-0.05, 0) is 41.7 Å². The summed E-state index contributed by atoms with van der Waals surface area (Å²) in [6.07, 6.45) is 1.70. The van der Waals surface area contributed by atoms with E-state index in [9.17, 15) is 9.59 Å². The molecule has 0 bridgehead atoms. The van der Waals surface area contributed by atoms with Gasteiger partial charge >= 0.3 is 5.97 Å².